The van der Waals surface area contributed by atoms with Crippen LogP contribution in [0.5, 0.6) is 34.5 Å². The molecule has 47 nitrogen and oxygen atoms in total. The van der Waals surface area contributed by atoms with Crippen molar-refractivity contribution in [2.45, 2.75) is 0 Å². The van der Waals surface area contributed by atoms with E-state index in [0.29, 0.717) is 28.4 Å². The van der Waals surface area contributed by atoms with Crippen molar-refractivity contribution >= 4 is 133 Å². The minimum Gasteiger partial charge on any atom is -0.501 e. The zero-order chi connectivity index (χ0) is 90.5. The molecule has 5 heterocycles. The van der Waals surface area contributed by atoms with Crippen molar-refractivity contribution in [3.8, 4) is 68.7 Å². The summed E-state index contributed by atoms with van der Waals surface area (Å²) in [5, 5.41) is 108. The molecule has 11 aromatic rings. The van der Waals surface area contributed by atoms with Gasteiger partial charge in [0.05, 0.1) is 141 Å². The minimum atomic E-state index is -1.23. The fourth-order valence-corrected chi connectivity index (χ4v) is 10.6. The molecule has 0 unspecified atom stereocenters. The molecule has 0 aliphatic heterocycles. The molecular weight excluding hydrogens is 1720 g/mol. The Labute approximate surface area is 698 Å². The molecule has 0 fully saturated rings. The topological polar surface area (TPSA) is 655 Å². The van der Waals surface area contributed by atoms with E-state index in [4.69, 9.17) is 117 Å². The maximum Gasteiger partial charge on any atom is 0.341 e. The van der Waals surface area contributed by atoms with Crippen LogP contribution in [0.4, 0.5) is 38.5 Å². The number of halogens is 7. The first kappa shape index (κ1) is 96.8. The number of carbonyl (C=O) groups excluding carboxylic acids is 4. The number of H-pyrrole nitrogens is 1. The number of nitrogen functional groups attached to an aromatic ring is 1. The van der Waals surface area contributed by atoms with E-state index < -0.39 is 72.9 Å². The number of nitrogens with zero attached hydrogens (tertiary/aromatic N) is 19. The molecule has 0 radical (unpaired) electrons. The van der Waals surface area contributed by atoms with Crippen LogP contribution >= 0.6 is 69.6 Å². The number of ether oxygens (including phenoxy) is 7. The number of tetrazole rings is 3. The Bertz CT molecular complexity index is 5400. The van der Waals surface area contributed by atoms with E-state index in [1.807, 2.05) is 12.1 Å². The number of carboxylic acid groups (broad SMARTS) is 1. The van der Waals surface area contributed by atoms with Crippen molar-refractivity contribution in [3.05, 3.63) is 230 Å². The number of carbonyl (C=O) groups is 5. The number of nitrogens with one attached hydrogen (secondary N) is 1. The van der Waals surface area contributed by atoms with Crippen LogP contribution in [0.3, 0.4) is 0 Å². The van der Waals surface area contributed by atoms with Gasteiger partial charge in [-0.05, 0) is 70.2 Å². The number of aromatic hydroxyl groups is 1. The van der Waals surface area contributed by atoms with Gasteiger partial charge in [-0.2, -0.15) is 14.8 Å². The maximum absolute atomic E-state index is 11.4. The average molecular weight is 1780 g/mol. The van der Waals surface area contributed by atoms with Gasteiger partial charge in [0, 0.05) is 37.4 Å². The number of methoxy groups -OCH3 is 7. The number of rotatable bonds is 18. The van der Waals surface area contributed by atoms with Crippen LogP contribution in [0.1, 0.15) is 53.2 Å². The number of primary amides is 1. The van der Waals surface area contributed by atoms with Gasteiger partial charge in [0.25, 0.3) is 11.8 Å². The van der Waals surface area contributed by atoms with E-state index in [0.717, 1.165) is 23.7 Å². The number of aromatic nitrogens is 14. The van der Waals surface area contributed by atoms with Crippen LogP contribution in [-0.2, 0) is 23.6 Å². The SMILES string of the molecule is CN(N)C(=O)c1c(Cl)cc(Cl)nc1Cl.COC(=O)c1cccc([N+](=O)[O-])c1O.COC(=O)c1cccc([N+](=O)[O-])c1OC.COc1c(-c2nn[nH]n2)cccc1[N+](=O)[O-].COc1c(-c2nnn(C)n2)cccc1[N+](=O)[O-].COc1c(C(N)=O)cccc1[N+](=O)[O-].COc1c(N)cccc1-c1nnn(C)n1.O=C(O)c1c(Cl)cc(Cl)nc1Cl.[2H]CF. The quantitative estimate of drug-likeness (QED) is 0.00884. The second kappa shape index (κ2) is 47.9. The van der Waals surface area contributed by atoms with Crippen molar-refractivity contribution in [3.63, 3.8) is 0 Å². The standard InChI is InChI=1S/C9H9N5O3.C9H11N5O.C9H9NO5.C8H7N5O3.C8H8N2O4.C8H7NO5.C7H6Cl3N3O.C6H2Cl3NO2.CH3F/c1-13-11-9(10-12-13)6-4-3-5-7(14(15)16)8(6)17-2;1-14-12-9(11-13-14)6-4-3-5-7(10)8(6)15-2;1-14-8-6(9(11)15-2)4-3-5-7(8)10(12)13;1-16-7-5(8-9-11-12-10-8)3-2-4-6(7)13(14)15;1-14-7-5(8(9)11)3-2-4-6(7)10(12)13;1-14-8(11)5-3-2-4-6(7(5)10)9(12)13;1-13(11)7(14)5-3(8)2-4(9)12-6(5)10;7-2-1-3(8)10-5(9)4(2)6(11)12;1-2/h3-5H,1-2H3;3-5H,10H2,1-2H3;3-5H,1-2H3;2-4H,1H3,(H,9,10,11,12);2-4H,1H3,(H2,9,11);2-4,10H,1H3;2H,11H2,1H3;1H,(H,11,12);1H3/i;;;;;;;;1D. The molecule has 0 aliphatic carbocycles. The Hall–Kier alpha value is -14.6. The van der Waals surface area contributed by atoms with Gasteiger partial charge in [0.1, 0.15) is 37.3 Å². The summed E-state index contributed by atoms with van der Waals surface area (Å²) in [5.41, 5.74) is 11.3. The number of carboxylic acids is 1. The molecule has 6 aromatic carbocycles. The molecule has 5 aromatic heterocycles. The number of nitro groups is 5. The second-order valence-electron chi connectivity index (χ2n) is 21.0. The Balaban J connectivity index is 0.000000353. The number of anilines is 1. The highest BCUT2D eigenvalue weighted by Gasteiger charge is 2.27. The number of benzene rings is 6. The van der Waals surface area contributed by atoms with Crippen molar-refractivity contribution in [1.82, 2.24) is 76.0 Å². The third-order valence-corrected chi connectivity index (χ3v) is 15.3. The summed E-state index contributed by atoms with van der Waals surface area (Å²) < 4.78 is 49.1. The number of esters is 2. The van der Waals surface area contributed by atoms with Crippen LogP contribution < -0.4 is 41.0 Å². The van der Waals surface area contributed by atoms with Crippen LogP contribution in [0.2, 0.25) is 30.7 Å². The fourth-order valence-electron chi connectivity index (χ4n) is 8.79. The lowest BCUT2D eigenvalue weighted by Gasteiger charge is -2.11. The number of aryl methyl sites for hydroxylation is 2. The Morgan fingerprint density at radius 1 is 0.521 bits per heavy atom. The van der Waals surface area contributed by atoms with Gasteiger partial charge in [-0.3, -0.25) is 69.6 Å². The van der Waals surface area contributed by atoms with Gasteiger partial charge in [-0.15, -0.1) is 30.6 Å². The highest BCUT2D eigenvalue weighted by molar-refractivity contribution is 6.41. The number of para-hydroxylation sites is 6. The number of hydrazine groups is 1. The number of pyridine rings is 2. The molecule has 9 N–H and O–H groups in total. The van der Waals surface area contributed by atoms with E-state index in [2.05, 4.69) is 70.9 Å². The molecule has 54 heteroatoms. The van der Waals surface area contributed by atoms with E-state index in [1.165, 1.54) is 131 Å². The lowest BCUT2D eigenvalue weighted by atomic mass is 10.1. The van der Waals surface area contributed by atoms with Crippen LogP contribution in [0.15, 0.2) is 121 Å². The summed E-state index contributed by atoms with van der Waals surface area (Å²) in [7, 11) is 12.8. The van der Waals surface area contributed by atoms with Gasteiger partial charge < -0.3 is 54.8 Å². The third-order valence-electron chi connectivity index (χ3n) is 13.7. The Kier molecular flexibility index (Phi) is 39.0. The van der Waals surface area contributed by atoms with E-state index >= 15 is 0 Å². The lowest BCUT2D eigenvalue weighted by Crippen LogP contribution is -2.33. The number of phenols is 1. The van der Waals surface area contributed by atoms with Crippen molar-refractivity contribution < 1.29 is 97.7 Å². The number of alkyl halides is 1. The van der Waals surface area contributed by atoms with E-state index in [-0.39, 0.29) is 116 Å². The van der Waals surface area contributed by atoms with E-state index in [1.54, 1.807) is 45.5 Å². The summed E-state index contributed by atoms with van der Waals surface area (Å²) in [5.74, 6) is 2.24. The zero-order valence-corrected chi connectivity index (χ0v) is 67.0. The summed E-state index contributed by atoms with van der Waals surface area (Å²) in [6.45, 7) is 0. The number of aromatic amines is 1. The Morgan fingerprint density at radius 3 is 1.21 bits per heavy atom. The number of nitrogens with two attached hydrogens (primary N) is 3. The molecule has 0 spiro atoms. The second-order valence-corrected chi connectivity index (χ2v) is 23.3. The van der Waals surface area contributed by atoms with E-state index in [9.17, 15) is 84.0 Å². The summed E-state index contributed by atoms with van der Waals surface area (Å²) in [6.07, 6.45) is 0. The molecule has 0 saturated heterocycles. The molecule has 2 amide bonds. The predicted octanol–water partition coefficient (Wildman–Crippen LogP) is 10.5. The Morgan fingerprint density at radius 2 is 0.866 bits per heavy atom. The fraction of sp³-hybridized carbons (Fsp3) is 0.169. The predicted molar refractivity (Wildman–Crippen MR) is 420 cm³/mol. The van der Waals surface area contributed by atoms with Crippen molar-refractivity contribution in [2.75, 3.05) is 69.7 Å². The van der Waals surface area contributed by atoms with Gasteiger partial charge in [-0.1, -0.05) is 106 Å². The number of nitro benzene ring substituents is 5. The molecule has 0 saturated carbocycles. The molecule has 630 valence electrons. The van der Waals surface area contributed by atoms with Gasteiger partial charge in [-0.25, -0.2) is 30.2 Å². The van der Waals surface area contributed by atoms with Gasteiger partial charge >= 0.3 is 46.3 Å². The van der Waals surface area contributed by atoms with Crippen LogP contribution in [0, 0.1) is 50.6 Å². The highest BCUT2D eigenvalue weighted by atomic mass is 35.5. The van der Waals surface area contributed by atoms with Crippen LogP contribution in [-0.4, -0.2) is 205 Å². The first-order valence-corrected chi connectivity index (χ1v) is 33.5. The first-order chi connectivity index (χ1) is 56.7. The highest BCUT2D eigenvalue weighted by Crippen LogP contribution is 2.39. The average Bonchev–Trinajstić information content (AvgIpc) is 1.71. The smallest absolute Gasteiger partial charge is 0.341 e. The number of hydrogen-bond acceptors (Lipinski definition) is 36. The molecular formula is C65H62Cl6FN23O24. The third kappa shape index (κ3) is 27.6. The van der Waals surface area contributed by atoms with Gasteiger partial charge in [0.15, 0.2) is 5.75 Å². The summed E-state index contributed by atoms with van der Waals surface area (Å²) >= 11 is 33.5. The molecule has 0 atom stereocenters. The molecule has 0 bridgehead atoms. The number of aromatic carboxylic acids is 1. The van der Waals surface area contributed by atoms with Crippen molar-refractivity contribution in [2.24, 2.45) is 25.7 Å². The van der Waals surface area contributed by atoms with Gasteiger partial charge in [0.2, 0.25) is 46.2 Å². The maximum atomic E-state index is 11.4. The normalized spacial score (nSPS) is 9.88. The lowest BCUT2D eigenvalue weighted by molar-refractivity contribution is -0.386. The van der Waals surface area contributed by atoms with Crippen LogP contribution in [0.25, 0.3) is 34.2 Å². The summed E-state index contributed by atoms with van der Waals surface area (Å²) in [6, 6.07) is 28.7. The monoisotopic (exact) mass is 1780 g/mol. The molecule has 0 aliphatic rings. The largest absolute Gasteiger partial charge is 0.501 e. The molecule has 119 heavy (non-hydrogen) atoms. The minimum absolute atomic E-state index is 0.00157. The first-order valence-electron chi connectivity index (χ1n) is 31.9. The summed E-state index contributed by atoms with van der Waals surface area (Å²) in [4.78, 5) is 115. The zero-order valence-electron chi connectivity index (χ0n) is 63.5. The van der Waals surface area contributed by atoms with Crippen molar-refractivity contribution in [1.29, 1.82) is 0 Å². The molecule has 11 rings (SSSR count). The number of amides is 2. The number of phenolic OH excluding ortho intramolecular Hbond substituents is 1. The number of hydrogen-bond donors (Lipinski definition) is 6.